The zero-order valence-corrected chi connectivity index (χ0v) is 17.7. The van der Waals surface area contributed by atoms with Crippen molar-refractivity contribution in [2.75, 3.05) is 13.7 Å². The predicted molar refractivity (Wildman–Crippen MR) is 112 cm³/mol. The fourth-order valence-corrected chi connectivity index (χ4v) is 3.52. The first-order valence-electron chi connectivity index (χ1n) is 9.93. The van der Waals surface area contributed by atoms with Gasteiger partial charge in [-0.05, 0) is 36.8 Å². The zero-order valence-electron chi connectivity index (χ0n) is 17.7. The second kappa shape index (κ2) is 8.27. The van der Waals surface area contributed by atoms with Crippen molar-refractivity contribution in [1.82, 2.24) is 19.5 Å². The van der Waals surface area contributed by atoms with Crippen LogP contribution in [0.15, 0.2) is 18.3 Å². The van der Waals surface area contributed by atoms with Gasteiger partial charge in [0.05, 0.1) is 24.1 Å². The second-order valence-corrected chi connectivity index (χ2v) is 7.60. The summed E-state index contributed by atoms with van der Waals surface area (Å²) < 4.78 is 7.61. The van der Waals surface area contributed by atoms with E-state index < -0.39 is 0 Å². The molecule has 0 aliphatic heterocycles. The molecule has 1 atom stereocenters. The summed E-state index contributed by atoms with van der Waals surface area (Å²) in [6.45, 7) is 8.59. The highest BCUT2D eigenvalue weighted by molar-refractivity contribution is 5.81. The number of hydrogen-bond donors (Lipinski definition) is 1. The molecule has 0 radical (unpaired) electrons. The first kappa shape index (κ1) is 20.3. The van der Waals surface area contributed by atoms with Gasteiger partial charge >= 0.3 is 0 Å². The van der Waals surface area contributed by atoms with Gasteiger partial charge in [0.15, 0.2) is 5.65 Å². The molecular weight excluding hydrogens is 352 g/mol. The van der Waals surface area contributed by atoms with Crippen LogP contribution in [-0.2, 0) is 13.5 Å². The van der Waals surface area contributed by atoms with Gasteiger partial charge in [-0.2, -0.15) is 0 Å². The fraction of sp³-hybridized carbons (Fsp3) is 0.500. The molecule has 3 aromatic rings. The number of pyridine rings is 1. The fourth-order valence-electron chi connectivity index (χ4n) is 3.52. The SMILES string of the molecule is CCc1nc2c([C@H](C)CCO)cn(C)c2nc1-c1ccc(C(C)C)nc1OC. The van der Waals surface area contributed by atoms with Crippen molar-refractivity contribution in [2.45, 2.75) is 52.4 Å². The van der Waals surface area contributed by atoms with Gasteiger partial charge in [0, 0.05) is 31.1 Å². The molecule has 6 nitrogen and oxygen atoms in total. The minimum absolute atomic E-state index is 0.161. The van der Waals surface area contributed by atoms with Crippen molar-refractivity contribution in [2.24, 2.45) is 7.05 Å². The molecule has 0 aliphatic rings. The van der Waals surface area contributed by atoms with Crippen LogP contribution < -0.4 is 4.74 Å². The number of ether oxygens (including phenoxy) is 1. The molecule has 28 heavy (non-hydrogen) atoms. The van der Waals surface area contributed by atoms with E-state index in [2.05, 4.69) is 38.9 Å². The topological polar surface area (TPSA) is 73.1 Å². The standard InChI is InChI=1S/C22H30N4O2/c1-7-17-19(15-8-9-18(13(2)3)24-22(15)28-6)25-21-20(23-17)16(12-26(21)5)14(4)10-11-27/h8-9,12-14,27H,7,10-11H2,1-6H3/t14-/m1/s1. The van der Waals surface area contributed by atoms with Crippen LogP contribution in [0, 0.1) is 0 Å². The van der Waals surface area contributed by atoms with Gasteiger partial charge in [-0.25, -0.2) is 15.0 Å². The molecule has 3 heterocycles. The van der Waals surface area contributed by atoms with Crippen molar-refractivity contribution >= 4 is 11.2 Å². The number of nitrogens with zero attached hydrogens (tertiary/aromatic N) is 4. The number of methoxy groups -OCH3 is 1. The average Bonchev–Trinajstić information content (AvgIpc) is 3.02. The number of fused-ring (bicyclic) bond motifs is 1. The molecule has 6 heteroatoms. The molecule has 0 aromatic carbocycles. The summed E-state index contributed by atoms with van der Waals surface area (Å²) in [5, 5.41) is 9.33. The van der Waals surface area contributed by atoms with E-state index in [4.69, 9.17) is 14.7 Å². The van der Waals surface area contributed by atoms with E-state index in [1.54, 1.807) is 7.11 Å². The molecule has 0 unspecified atom stereocenters. The highest BCUT2D eigenvalue weighted by Gasteiger charge is 2.21. The number of aliphatic hydroxyl groups excluding tert-OH is 1. The number of aliphatic hydroxyl groups is 1. The Morgan fingerprint density at radius 2 is 1.89 bits per heavy atom. The maximum atomic E-state index is 9.33. The summed E-state index contributed by atoms with van der Waals surface area (Å²) in [5.41, 5.74) is 6.47. The highest BCUT2D eigenvalue weighted by atomic mass is 16.5. The average molecular weight is 383 g/mol. The summed E-state index contributed by atoms with van der Waals surface area (Å²) >= 11 is 0. The summed E-state index contributed by atoms with van der Waals surface area (Å²) in [6.07, 6.45) is 3.54. The maximum absolute atomic E-state index is 9.33. The first-order valence-corrected chi connectivity index (χ1v) is 9.93. The van der Waals surface area contributed by atoms with Crippen LogP contribution in [0.3, 0.4) is 0 Å². The van der Waals surface area contributed by atoms with E-state index in [1.807, 2.05) is 23.7 Å². The van der Waals surface area contributed by atoms with Gasteiger partial charge < -0.3 is 14.4 Å². The monoisotopic (exact) mass is 382 g/mol. The molecule has 3 rings (SSSR count). The lowest BCUT2D eigenvalue weighted by Gasteiger charge is -2.14. The Kier molecular flexibility index (Phi) is 5.98. The number of aryl methyl sites for hydroxylation is 2. The van der Waals surface area contributed by atoms with Gasteiger partial charge in [0.25, 0.3) is 0 Å². The van der Waals surface area contributed by atoms with Gasteiger partial charge in [-0.1, -0.05) is 27.7 Å². The van der Waals surface area contributed by atoms with Crippen LogP contribution in [0.1, 0.15) is 62.9 Å². The highest BCUT2D eigenvalue weighted by Crippen LogP contribution is 2.34. The molecule has 0 amide bonds. The summed E-state index contributed by atoms with van der Waals surface area (Å²) in [6, 6.07) is 4.07. The van der Waals surface area contributed by atoms with Crippen LogP contribution in [-0.4, -0.2) is 38.3 Å². The minimum atomic E-state index is 0.161. The summed E-state index contributed by atoms with van der Waals surface area (Å²) in [7, 11) is 3.63. The number of rotatable bonds is 7. The van der Waals surface area contributed by atoms with E-state index in [1.165, 1.54) is 0 Å². The Morgan fingerprint density at radius 1 is 1.14 bits per heavy atom. The third-order valence-corrected chi connectivity index (χ3v) is 5.24. The number of aromatic nitrogens is 4. The molecule has 0 saturated heterocycles. The normalized spacial score (nSPS) is 12.7. The van der Waals surface area contributed by atoms with Gasteiger partial charge in [-0.3, -0.25) is 0 Å². The number of hydrogen-bond acceptors (Lipinski definition) is 5. The van der Waals surface area contributed by atoms with E-state index >= 15 is 0 Å². The Labute approximate surface area is 166 Å². The minimum Gasteiger partial charge on any atom is -0.480 e. The summed E-state index contributed by atoms with van der Waals surface area (Å²) in [5.74, 6) is 1.13. The lowest BCUT2D eigenvalue weighted by atomic mass is 10.00. The maximum Gasteiger partial charge on any atom is 0.222 e. The van der Waals surface area contributed by atoms with Gasteiger partial charge in [0.2, 0.25) is 5.88 Å². The Morgan fingerprint density at radius 3 is 2.50 bits per heavy atom. The van der Waals surface area contributed by atoms with E-state index in [9.17, 15) is 5.11 Å². The van der Waals surface area contributed by atoms with Crippen LogP contribution in [0.25, 0.3) is 22.4 Å². The third-order valence-electron chi connectivity index (χ3n) is 5.24. The van der Waals surface area contributed by atoms with E-state index in [0.29, 0.717) is 18.2 Å². The third kappa shape index (κ3) is 3.61. The van der Waals surface area contributed by atoms with Gasteiger partial charge in [-0.15, -0.1) is 0 Å². The van der Waals surface area contributed by atoms with Crippen molar-refractivity contribution in [3.05, 3.63) is 35.3 Å². The lowest BCUT2D eigenvalue weighted by molar-refractivity contribution is 0.279. The first-order chi connectivity index (χ1) is 13.4. The second-order valence-electron chi connectivity index (χ2n) is 7.60. The molecule has 0 aliphatic carbocycles. The van der Waals surface area contributed by atoms with Crippen molar-refractivity contribution in [1.29, 1.82) is 0 Å². The zero-order chi connectivity index (χ0) is 20.4. The van der Waals surface area contributed by atoms with Crippen LogP contribution in [0.2, 0.25) is 0 Å². The molecule has 150 valence electrons. The molecule has 0 spiro atoms. The molecular formula is C22H30N4O2. The molecule has 0 fully saturated rings. The van der Waals surface area contributed by atoms with Crippen LogP contribution in [0.4, 0.5) is 0 Å². The van der Waals surface area contributed by atoms with Crippen LogP contribution in [0.5, 0.6) is 5.88 Å². The molecule has 0 saturated carbocycles. The van der Waals surface area contributed by atoms with E-state index in [-0.39, 0.29) is 12.5 Å². The van der Waals surface area contributed by atoms with E-state index in [0.717, 1.165) is 45.8 Å². The van der Waals surface area contributed by atoms with Crippen molar-refractivity contribution in [3.8, 4) is 17.1 Å². The quantitative estimate of drug-likeness (QED) is 0.663. The summed E-state index contributed by atoms with van der Waals surface area (Å²) in [4.78, 5) is 14.6. The predicted octanol–water partition coefficient (Wildman–Crippen LogP) is 4.21. The van der Waals surface area contributed by atoms with Crippen molar-refractivity contribution < 1.29 is 9.84 Å². The molecule has 3 aromatic heterocycles. The largest absolute Gasteiger partial charge is 0.480 e. The molecule has 1 N–H and O–H groups in total. The lowest BCUT2D eigenvalue weighted by Crippen LogP contribution is -2.04. The van der Waals surface area contributed by atoms with Crippen LogP contribution >= 0.6 is 0 Å². The Hall–Kier alpha value is -2.47. The Balaban J connectivity index is 2.21. The van der Waals surface area contributed by atoms with Crippen molar-refractivity contribution in [3.63, 3.8) is 0 Å². The molecule has 0 bridgehead atoms. The van der Waals surface area contributed by atoms with Gasteiger partial charge in [0.1, 0.15) is 5.52 Å². The Bertz CT molecular complexity index is 978. The smallest absolute Gasteiger partial charge is 0.222 e.